The Balaban J connectivity index is 1.72. The number of piperidine rings is 1. The highest BCUT2D eigenvalue weighted by molar-refractivity contribution is 7.07. The first-order valence-electron chi connectivity index (χ1n) is 7.75. The molecule has 0 N–H and O–H groups in total. The Labute approximate surface area is 139 Å². The van der Waals surface area contributed by atoms with Gasteiger partial charge in [-0.2, -0.15) is 0 Å². The SMILES string of the molecule is COc1cc(C(=O)N2CCCCC2)ccc1OCc1cscn1. The van der Waals surface area contributed by atoms with Gasteiger partial charge in [0.05, 0.1) is 18.3 Å². The van der Waals surface area contributed by atoms with Crippen molar-refractivity contribution in [1.82, 2.24) is 9.88 Å². The van der Waals surface area contributed by atoms with Gasteiger partial charge in [0, 0.05) is 24.0 Å². The lowest BCUT2D eigenvalue weighted by Gasteiger charge is -2.27. The summed E-state index contributed by atoms with van der Waals surface area (Å²) < 4.78 is 11.1. The number of benzene rings is 1. The second-order valence-corrected chi connectivity index (χ2v) is 6.21. The van der Waals surface area contributed by atoms with Gasteiger partial charge in [0.2, 0.25) is 0 Å². The maximum absolute atomic E-state index is 12.5. The summed E-state index contributed by atoms with van der Waals surface area (Å²) in [5.41, 5.74) is 3.30. The monoisotopic (exact) mass is 332 g/mol. The molecule has 1 fully saturated rings. The molecule has 1 saturated heterocycles. The summed E-state index contributed by atoms with van der Waals surface area (Å²) in [4.78, 5) is 18.6. The maximum atomic E-state index is 12.5. The van der Waals surface area contributed by atoms with Crippen LogP contribution in [0.5, 0.6) is 11.5 Å². The van der Waals surface area contributed by atoms with Gasteiger partial charge in [-0.3, -0.25) is 4.79 Å². The number of thiazole rings is 1. The highest BCUT2D eigenvalue weighted by Crippen LogP contribution is 2.29. The van der Waals surface area contributed by atoms with Crippen LogP contribution in [0.2, 0.25) is 0 Å². The zero-order valence-electron chi connectivity index (χ0n) is 13.2. The molecule has 0 saturated carbocycles. The molecule has 3 rings (SSSR count). The Morgan fingerprint density at radius 3 is 2.78 bits per heavy atom. The van der Waals surface area contributed by atoms with Crippen LogP contribution in [0.3, 0.4) is 0 Å². The Hall–Kier alpha value is -2.08. The number of hydrogen-bond donors (Lipinski definition) is 0. The number of nitrogens with zero attached hydrogens (tertiary/aromatic N) is 2. The first kappa shape index (κ1) is 15.8. The fraction of sp³-hybridized carbons (Fsp3) is 0.412. The average Bonchev–Trinajstić information content (AvgIpc) is 3.13. The normalized spacial score (nSPS) is 14.6. The summed E-state index contributed by atoms with van der Waals surface area (Å²) >= 11 is 1.53. The van der Waals surface area contributed by atoms with Crippen LogP contribution >= 0.6 is 11.3 Å². The van der Waals surface area contributed by atoms with Crippen molar-refractivity contribution >= 4 is 17.2 Å². The molecule has 1 aliphatic rings. The summed E-state index contributed by atoms with van der Waals surface area (Å²) in [5, 5.41) is 1.95. The topological polar surface area (TPSA) is 51.7 Å². The van der Waals surface area contributed by atoms with Gasteiger partial charge >= 0.3 is 0 Å². The summed E-state index contributed by atoms with van der Waals surface area (Å²) in [6.07, 6.45) is 3.37. The molecule has 0 radical (unpaired) electrons. The van der Waals surface area contributed by atoms with Gasteiger partial charge in [-0.05, 0) is 37.5 Å². The van der Waals surface area contributed by atoms with Crippen molar-refractivity contribution in [3.8, 4) is 11.5 Å². The lowest BCUT2D eigenvalue weighted by atomic mass is 10.1. The molecule has 0 atom stereocenters. The molecular weight excluding hydrogens is 312 g/mol. The molecule has 23 heavy (non-hydrogen) atoms. The van der Waals surface area contributed by atoms with E-state index >= 15 is 0 Å². The van der Waals surface area contributed by atoms with Crippen LogP contribution in [0.1, 0.15) is 35.3 Å². The molecule has 1 aliphatic heterocycles. The van der Waals surface area contributed by atoms with Crippen molar-refractivity contribution in [3.05, 3.63) is 40.3 Å². The molecule has 0 spiro atoms. The van der Waals surface area contributed by atoms with Crippen LogP contribution in [0, 0.1) is 0 Å². The van der Waals surface area contributed by atoms with E-state index in [2.05, 4.69) is 4.98 Å². The zero-order chi connectivity index (χ0) is 16.1. The van der Waals surface area contributed by atoms with Crippen LogP contribution in [-0.2, 0) is 6.61 Å². The van der Waals surface area contributed by atoms with Crippen LogP contribution in [-0.4, -0.2) is 36.0 Å². The van der Waals surface area contributed by atoms with Gasteiger partial charge in [0.25, 0.3) is 5.91 Å². The third kappa shape index (κ3) is 3.82. The van der Waals surface area contributed by atoms with E-state index in [0.717, 1.165) is 31.6 Å². The Bertz CT molecular complexity index is 652. The van der Waals surface area contributed by atoms with E-state index < -0.39 is 0 Å². The molecule has 122 valence electrons. The van der Waals surface area contributed by atoms with Crippen LogP contribution in [0.4, 0.5) is 0 Å². The van der Waals surface area contributed by atoms with Gasteiger partial charge in [-0.1, -0.05) is 0 Å². The fourth-order valence-corrected chi connectivity index (χ4v) is 3.20. The Morgan fingerprint density at radius 1 is 1.26 bits per heavy atom. The number of rotatable bonds is 5. The standard InChI is InChI=1S/C17H20N2O3S/c1-21-16-9-13(17(20)19-7-3-2-4-8-19)5-6-15(16)22-10-14-11-23-12-18-14/h5-6,9,11-12H,2-4,7-8,10H2,1H3. The summed E-state index contributed by atoms with van der Waals surface area (Å²) in [5.74, 6) is 1.26. The third-order valence-electron chi connectivity index (χ3n) is 3.91. The number of hydrogen-bond acceptors (Lipinski definition) is 5. The first-order valence-corrected chi connectivity index (χ1v) is 8.69. The van der Waals surface area contributed by atoms with Crippen LogP contribution in [0.15, 0.2) is 29.1 Å². The number of carbonyl (C=O) groups excluding carboxylic acids is 1. The summed E-state index contributed by atoms with van der Waals surface area (Å²) in [7, 11) is 1.58. The van der Waals surface area contributed by atoms with E-state index in [0.29, 0.717) is 23.7 Å². The number of ether oxygens (including phenoxy) is 2. The van der Waals surface area contributed by atoms with Crippen molar-refractivity contribution in [1.29, 1.82) is 0 Å². The van der Waals surface area contributed by atoms with Crippen LogP contribution in [0.25, 0.3) is 0 Å². The molecule has 2 aromatic rings. The quantitative estimate of drug-likeness (QED) is 0.842. The van der Waals surface area contributed by atoms with Gasteiger partial charge in [0.1, 0.15) is 6.61 Å². The van der Waals surface area contributed by atoms with E-state index in [1.807, 2.05) is 10.3 Å². The van der Waals surface area contributed by atoms with Crippen LogP contribution < -0.4 is 9.47 Å². The van der Waals surface area contributed by atoms with Crippen molar-refractivity contribution in [2.75, 3.05) is 20.2 Å². The number of aromatic nitrogens is 1. The van der Waals surface area contributed by atoms with Gasteiger partial charge in [0.15, 0.2) is 11.5 Å². The van der Waals surface area contributed by atoms with E-state index in [9.17, 15) is 4.79 Å². The first-order chi connectivity index (χ1) is 11.3. The van der Waals surface area contributed by atoms with E-state index in [4.69, 9.17) is 9.47 Å². The largest absolute Gasteiger partial charge is 0.493 e. The average molecular weight is 332 g/mol. The zero-order valence-corrected chi connectivity index (χ0v) is 14.0. The molecule has 2 heterocycles. The minimum atomic E-state index is 0.0639. The number of amides is 1. The number of methoxy groups -OCH3 is 1. The summed E-state index contributed by atoms with van der Waals surface area (Å²) in [6, 6.07) is 5.35. The smallest absolute Gasteiger partial charge is 0.253 e. The molecule has 1 amide bonds. The van der Waals surface area contributed by atoms with Crippen molar-refractivity contribution < 1.29 is 14.3 Å². The van der Waals surface area contributed by atoms with Gasteiger partial charge in [-0.15, -0.1) is 11.3 Å². The van der Waals surface area contributed by atoms with Crippen molar-refractivity contribution in [2.24, 2.45) is 0 Å². The minimum absolute atomic E-state index is 0.0639. The lowest BCUT2D eigenvalue weighted by molar-refractivity contribution is 0.0724. The lowest BCUT2D eigenvalue weighted by Crippen LogP contribution is -2.35. The third-order valence-corrected chi connectivity index (χ3v) is 4.55. The molecule has 0 aliphatic carbocycles. The predicted octanol–water partition coefficient (Wildman–Crippen LogP) is 3.36. The molecule has 0 bridgehead atoms. The Kier molecular flexibility index (Phi) is 5.12. The molecule has 0 unspecified atom stereocenters. The minimum Gasteiger partial charge on any atom is -0.493 e. The Morgan fingerprint density at radius 2 is 2.09 bits per heavy atom. The van der Waals surface area contributed by atoms with Crippen molar-refractivity contribution in [2.45, 2.75) is 25.9 Å². The number of carbonyl (C=O) groups is 1. The number of likely N-dealkylation sites (tertiary alicyclic amines) is 1. The second kappa shape index (κ2) is 7.46. The highest BCUT2D eigenvalue weighted by Gasteiger charge is 2.19. The molecule has 1 aromatic carbocycles. The molecule has 6 heteroatoms. The van der Waals surface area contributed by atoms with E-state index in [1.54, 1.807) is 30.8 Å². The van der Waals surface area contributed by atoms with Gasteiger partial charge < -0.3 is 14.4 Å². The molecule has 1 aromatic heterocycles. The summed E-state index contributed by atoms with van der Waals surface area (Å²) in [6.45, 7) is 2.06. The van der Waals surface area contributed by atoms with Gasteiger partial charge in [-0.25, -0.2) is 4.98 Å². The predicted molar refractivity (Wildman–Crippen MR) is 89.2 cm³/mol. The maximum Gasteiger partial charge on any atom is 0.253 e. The molecule has 5 nitrogen and oxygen atoms in total. The fourth-order valence-electron chi connectivity index (χ4n) is 2.66. The second-order valence-electron chi connectivity index (χ2n) is 5.49. The van der Waals surface area contributed by atoms with Crippen molar-refractivity contribution in [3.63, 3.8) is 0 Å². The van der Waals surface area contributed by atoms with E-state index in [-0.39, 0.29) is 5.91 Å². The van der Waals surface area contributed by atoms with E-state index in [1.165, 1.54) is 17.8 Å². The molecular formula is C17H20N2O3S. The highest BCUT2D eigenvalue weighted by atomic mass is 32.1.